The predicted molar refractivity (Wildman–Crippen MR) is 79.0 cm³/mol. The summed E-state index contributed by atoms with van der Waals surface area (Å²) in [7, 11) is 1.93. The van der Waals surface area contributed by atoms with E-state index in [-0.39, 0.29) is 0 Å². The van der Waals surface area contributed by atoms with Crippen LogP contribution in [0.2, 0.25) is 0 Å². The molecule has 0 fully saturated rings. The second-order valence-corrected chi connectivity index (χ2v) is 5.49. The van der Waals surface area contributed by atoms with Gasteiger partial charge in [0.2, 0.25) is 5.95 Å². The van der Waals surface area contributed by atoms with Crippen LogP contribution in [-0.4, -0.2) is 19.3 Å². The van der Waals surface area contributed by atoms with Crippen LogP contribution in [0, 0.1) is 6.92 Å². The molecule has 0 bridgehead atoms. The summed E-state index contributed by atoms with van der Waals surface area (Å²) in [5, 5.41) is 4.43. The number of fused-ring (bicyclic) bond motifs is 2. The average molecular weight is 267 g/mol. The first-order valence-electron chi connectivity index (χ1n) is 6.95. The lowest BCUT2D eigenvalue weighted by atomic mass is 10.1. The molecule has 0 radical (unpaired) electrons. The third-order valence-electron chi connectivity index (χ3n) is 4.17. The normalized spacial score (nSPS) is 14.1. The van der Waals surface area contributed by atoms with Crippen molar-refractivity contribution in [1.29, 1.82) is 0 Å². The Bertz CT molecular complexity index is 825. The van der Waals surface area contributed by atoms with Crippen molar-refractivity contribution >= 4 is 17.1 Å². The number of hydrogen-bond donors (Lipinski definition) is 1. The molecule has 1 aliphatic rings. The zero-order valence-electron chi connectivity index (χ0n) is 11.7. The Balaban J connectivity index is 2.00. The molecule has 2 N–H and O–H groups in total. The molecule has 0 unspecified atom stereocenters. The number of nitrogens with two attached hydrogens (primary N) is 1. The van der Waals surface area contributed by atoms with E-state index in [0.29, 0.717) is 5.95 Å². The molecule has 3 aromatic rings. The lowest BCUT2D eigenvalue weighted by Gasteiger charge is -2.09. The fourth-order valence-corrected chi connectivity index (χ4v) is 3.24. The van der Waals surface area contributed by atoms with E-state index < -0.39 is 0 Å². The number of imidazole rings is 1. The van der Waals surface area contributed by atoms with Crippen molar-refractivity contribution < 1.29 is 0 Å². The standard InChI is InChI=1S/C15H17N5/c1-9-13-14(19(2)18-9)20(15(16)17-13)12-7-6-10-4-3-5-11(10)8-12/h6-8H,3-5H2,1-2H3,(H2,16,17). The Kier molecular flexibility index (Phi) is 2.22. The van der Waals surface area contributed by atoms with E-state index in [2.05, 4.69) is 28.3 Å². The van der Waals surface area contributed by atoms with Crippen LogP contribution in [0.4, 0.5) is 5.95 Å². The van der Waals surface area contributed by atoms with Crippen molar-refractivity contribution in [3.8, 4) is 5.69 Å². The number of hydrogen-bond acceptors (Lipinski definition) is 3. The molecule has 20 heavy (non-hydrogen) atoms. The number of benzene rings is 1. The van der Waals surface area contributed by atoms with E-state index >= 15 is 0 Å². The van der Waals surface area contributed by atoms with E-state index in [0.717, 1.165) is 29.0 Å². The molecule has 0 spiro atoms. The molecule has 2 heterocycles. The minimum Gasteiger partial charge on any atom is -0.369 e. The van der Waals surface area contributed by atoms with Crippen LogP contribution in [0.3, 0.4) is 0 Å². The van der Waals surface area contributed by atoms with Crippen LogP contribution in [-0.2, 0) is 19.9 Å². The lowest BCUT2D eigenvalue weighted by Crippen LogP contribution is -2.05. The molecule has 1 aliphatic carbocycles. The van der Waals surface area contributed by atoms with Crippen LogP contribution in [0.15, 0.2) is 18.2 Å². The maximum Gasteiger partial charge on any atom is 0.207 e. The zero-order chi connectivity index (χ0) is 13.9. The maximum atomic E-state index is 6.12. The summed E-state index contributed by atoms with van der Waals surface area (Å²) in [6.07, 6.45) is 3.60. The highest BCUT2D eigenvalue weighted by Gasteiger charge is 2.18. The van der Waals surface area contributed by atoms with Gasteiger partial charge in [-0.25, -0.2) is 9.67 Å². The highest BCUT2D eigenvalue weighted by Crippen LogP contribution is 2.29. The summed E-state index contributed by atoms with van der Waals surface area (Å²) in [5.41, 5.74) is 12.8. The number of aromatic nitrogens is 4. The Hall–Kier alpha value is -2.30. The molecule has 2 aromatic heterocycles. The second kappa shape index (κ2) is 3.85. The Labute approximate surface area is 117 Å². The van der Waals surface area contributed by atoms with Crippen molar-refractivity contribution in [2.75, 3.05) is 5.73 Å². The van der Waals surface area contributed by atoms with Gasteiger partial charge in [-0.15, -0.1) is 0 Å². The third kappa shape index (κ3) is 1.43. The number of rotatable bonds is 1. The summed E-state index contributed by atoms with van der Waals surface area (Å²) < 4.78 is 3.84. The molecule has 102 valence electrons. The van der Waals surface area contributed by atoms with Gasteiger partial charge in [-0.05, 0) is 49.4 Å². The minimum atomic E-state index is 0.522. The van der Waals surface area contributed by atoms with Gasteiger partial charge in [0.25, 0.3) is 0 Å². The van der Waals surface area contributed by atoms with Gasteiger partial charge >= 0.3 is 0 Å². The molecule has 0 saturated carbocycles. The van der Waals surface area contributed by atoms with Gasteiger partial charge < -0.3 is 5.73 Å². The molecule has 5 nitrogen and oxygen atoms in total. The van der Waals surface area contributed by atoms with Crippen molar-refractivity contribution in [2.45, 2.75) is 26.2 Å². The number of aryl methyl sites for hydroxylation is 4. The van der Waals surface area contributed by atoms with Crippen LogP contribution in [0.25, 0.3) is 16.9 Å². The molecule has 4 rings (SSSR count). The zero-order valence-corrected chi connectivity index (χ0v) is 11.7. The van der Waals surface area contributed by atoms with E-state index in [1.165, 1.54) is 24.0 Å². The average Bonchev–Trinajstić information content (AvgIpc) is 3.06. The number of nitrogens with zero attached hydrogens (tertiary/aromatic N) is 4. The van der Waals surface area contributed by atoms with E-state index in [4.69, 9.17) is 5.73 Å². The summed E-state index contributed by atoms with van der Waals surface area (Å²) >= 11 is 0. The molecular formula is C15H17N5. The monoisotopic (exact) mass is 267 g/mol. The van der Waals surface area contributed by atoms with Crippen molar-refractivity contribution in [2.24, 2.45) is 7.05 Å². The largest absolute Gasteiger partial charge is 0.369 e. The number of nitrogen functional groups attached to an aromatic ring is 1. The van der Waals surface area contributed by atoms with Crippen molar-refractivity contribution in [1.82, 2.24) is 19.3 Å². The van der Waals surface area contributed by atoms with Gasteiger partial charge in [0.15, 0.2) is 5.65 Å². The van der Waals surface area contributed by atoms with Gasteiger partial charge in [0, 0.05) is 7.05 Å². The quantitative estimate of drug-likeness (QED) is 0.734. The fraction of sp³-hybridized carbons (Fsp3) is 0.333. The van der Waals surface area contributed by atoms with E-state index in [1.54, 1.807) is 0 Å². The highest BCUT2D eigenvalue weighted by atomic mass is 15.3. The molecular weight excluding hydrogens is 250 g/mol. The van der Waals surface area contributed by atoms with Crippen LogP contribution < -0.4 is 5.73 Å². The van der Waals surface area contributed by atoms with Crippen molar-refractivity contribution in [3.05, 3.63) is 35.0 Å². The second-order valence-electron chi connectivity index (χ2n) is 5.49. The summed E-state index contributed by atoms with van der Waals surface area (Å²) in [6.45, 7) is 1.96. The highest BCUT2D eigenvalue weighted by molar-refractivity contribution is 5.80. The van der Waals surface area contributed by atoms with Crippen molar-refractivity contribution in [3.63, 3.8) is 0 Å². The van der Waals surface area contributed by atoms with E-state index in [9.17, 15) is 0 Å². The van der Waals surface area contributed by atoms with Gasteiger partial charge in [0.05, 0.1) is 11.4 Å². The molecule has 0 saturated heterocycles. The molecule has 0 atom stereocenters. The summed E-state index contributed by atoms with van der Waals surface area (Å²) in [6, 6.07) is 6.58. The Morgan fingerprint density at radius 2 is 2.00 bits per heavy atom. The number of anilines is 1. The van der Waals surface area contributed by atoms with E-state index in [1.807, 2.05) is 23.2 Å². The van der Waals surface area contributed by atoms with Gasteiger partial charge in [-0.3, -0.25) is 4.57 Å². The smallest absolute Gasteiger partial charge is 0.207 e. The predicted octanol–water partition coefficient (Wildman–Crippen LogP) is 2.14. The lowest BCUT2D eigenvalue weighted by molar-refractivity contribution is 0.762. The first-order valence-corrected chi connectivity index (χ1v) is 6.95. The van der Waals surface area contributed by atoms with Crippen LogP contribution >= 0.6 is 0 Å². The maximum absolute atomic E-state index is 6.12. The van der Waals surface area contributed by atoms with Gasteiger partial charge in [0.1, 0.15) is 5.52 Å². The SMILES string of the molecule is Cc1nn(C)c2c1nc(N)n2-c1ccc2c(c1)CCC2. The molecule has 0 aliphatic heterocycles. The molecule has 1 aromatic carbocycles. The topological polar surface area (TPSA) is 61.7 Å². The first-order chi connectivity index (χ1) is 9.65. The fourth-order valence-electron chi connectivity index (χ4n) is 3.24. The van der Waals surface area contributed by atoms with Crippen LogP contribution in [0.1, 0.15) is 23.2 Å². The minimum absolute atomic E-state index is 0.522. The first kappa shape index (κ1) is 11.5. The third-order valence-corrected chi connectivity index (χ3v) is 4.17. The van der Waals surface area contributed by atoms with Gasteiger partial charge in [-0.1, -0.05) is 6.07 Å². The Morgan fingerprint density at radius 1 is 1.20 bits per heavy atom. The Morgan fingerprint density at radius 3 is 2.85 bits per heavy atom. The molecule has 0 amide bonds. The summed E-state index contributed by atoms with van der Waals surface area (Å²) in [5.74, 6) is 0.522. The van der Waals surface area contributed by atoms with Crippen LogP contribution in [0.5, 0.6) is 0 Å². The van der Waals surface area contributed by atoms with Gasteiger partial charge in [-0.2, -0.15) is 5.10 Å². The molecule has 5 heteroatoms. The summed E-state index contributed by atoms with van der Waals surface area (Å²) in [4.78, 5) is 4.46.